The van der Waals surface area contributed by atoms with Gasteiger partial charge in [0.05, 0.1) is 18.1 Å². The molecule has 136 valence electrons. The topological polar surface area (TPSA) is 56.6 Å². The molecular formula is C18H25N3O3S. The molecule has 3 heterocycles. The van der Waals surface area contributed by atoms with Crippen LogP contribution in [-0.2, 0) is 22.6 Å². The number of thiophene rings is 1. The van der Waals surface area contributed by atoms with Crippen LogP contribution < -0.4 is 0 Å². The Balaban J connectivity index is 1.68. The Labute approximate surface area is 152 Å². The predicted octanol–water partition coefficient (Wildman–Crippen LogP) is 2.76. The number of nitrogens with zero attached hydrogens (tertiary/aromatic N) is 3. The van der Waals surface area contributed by atoms with E-state index in [0.717, 1.165) is 48.1 Å². The zero-order valence-electron chi connectivity index (χ0n) is 14.8. The predicted molar refractivity (Wildman–Crippen MR) is 97.0 cm³/mol. The molecule has 1 fully saturated rings. The van der Waals surface area contributed by atoms with Gasteiger partial charge in [0, 0.05) is 57.0 Å². The molecule has 2 aromatic heterocycles. The highest BCUT2D eigenvalue weighted by atomic mass is 32.1. The molecule has 2 aromatic rings. The maximum absolute atomic E-state index is 12.8. The van der Waals surface area contributed by atoms with Crippen molar-refractivity contribution in [2.45, 2.75) is 31.9 Å². The largest absolute Gasteiger partial charge is 0.383 e. The number of rotatable bonds is 7. The van der Waals surface area contributed by atoms with Gasteiger partial charge in [-0.2, -0.15) is 0 Å². The van der Waals surface area contributed by atoms with Crippen LogP contribution in [0.15, 0.2) is 24.5 Å². The SMILES string of the molecule is COCCn1ccnc1C1CCCN(C(=O)c2ccc(COC)s2)C1. The molecular weight excluding hydrogens is 338 g/mol. The minimum absolute atomic E-state index is 0.118. The molecule has 0 saturated carbocycles. The lowest BCUT2D eigenvalue weighted by Gasteiger charge is -2.32. The Morgan fingerprint density at radius 2 is 2.24 bits per heavy atom. The van der Waals surface area contributed by atoms with Gasteiger partial charge >= 0.3 is 0 Å². The van der Waals surface area contributed by atoms with Gasteiger partial charge in [0.2, 0.25) is 0 Å². The van der Waals surface area contributed by atoms with Gasteiger partial charge in [-0.15, -0.1) is 11.3 Å². The quantitative estimate of drug-likeness (QED) is 0.759. The molecule has 6 nitrogen and oxygen atoms in total. The van der Waals surface area contributed by atoms with Crippen LogP contribution in [-0.4, -0.2) is 54.3 Å². The van der Waals surface area contributed by atoms with Gasteiger partial charge in [-0.3, -0.25) is 4.79 Å². The highest BCUT2D eigenvalue weighted by molar-refractivity contribution is 7.14. The van der Waals surface area contributed by atoms with E-state index in [-0.39, 0.29) is 11.8 Å². The molecule has 0 N–H and O–H groups in total. The molecule has 0 spiro atoms. The average Bonchev–Trinajstić information content (AvgIpc) is 3.29. The molecule has 3 rings (SSSR count). The number of piperidine rings is 1. The first-order chi connectivity index (χ1) is 12.2. The van der Waals surface area contributed by atoms with E-state index < -0.39 is 0 Å². The molecule has 1 aliphatic heterocycles. The molecule has 0 aliphatic carbocycles. The fraction of sp³-hybridized carbons (Fsp3) is 0.556. The van der Waals surface area contributed by atoms with E-state index in [0.29, 0.717) is 13.2 Å². The van der Waals surface area contributed by atoms with E-state index in [2.05, 4.69) is 9.55 Å². The van der Waals surface area contributed by atoms with Crippen LogP contribution in [0, 0.1) is 0 Å². The summed E-state index contributed by atoms with van der Waals surface area (Å²) >= 11 is 1.52. The highest BCUT2D eigenvalue weighted by Gasteiger charge is 2.28. The molecule has 0 aromatic carbocycles. The maximum Gasteiger partial charge on any atom is 0.263 e. The first-order valence-electron chi connectivity index (χ1n) is 8.59. The van der Waals surface area contributed by atoms with E-state index >= 15 is 0 Å². The fourth-order valence-electron chi connectivity index (χ4n) is 3.30. The van der Waals surface area contributed by atoms with Crippen LogP contribution in [0.1, 0.15) is 39.1 Å². The Morgan fingerprint density at radius 3 is 3.04 bits per heavy atom. The number of likely N-dealkylation sites (tertiary alicyclic amines) is 1. The third-order valence-corrected chi connectivity index (χ3v) is 5.56. The second-order valence-electron chi connectivity index (χ2n) is 6.26. The van der Waals surface area contributed by atoms with Gasteiger partial charge in [-0.25, -0.2) is 4.98 Å². The molecule has 25 heavy (non-hydrogen) atoms. The number of carbonyl (C=O) groups is 1. The Hall–Kier alpha value is -1.70. The molecule has 1 saturated heterocycles. The summed E-state index contributed by atoms with van der Waals surface area (Å²) < 4.78 is 12.5. The molecule has 1 unspecified atom stereocenters. The lowest BCUT2D eigenvalue weighted by Crippen LogP contribution is -2.39. The van der Waals surface area contributed by atoms with Gasteiger partial charge in [0.25, 0.3) is 5.91 Å². The summed E-state index contributed by atoms with van der Waals surface area (Å²) in [6.07, 6.45) is 5.89. The van der Waals surface area contributed by atoms with Crippen LogP contribution in [0.4, 0.5) is 0 Å². The number of methoxy groups -OCH3 is 2. The number of hydrogen-bond acceptors (Lipinski definition) is 5. The average molecular weight is 363 g/mol. The van der Waals surface area contributed by atoms with E-state index in [4.69, 9.17) is 9.47 Å². The first kappa shape index (κ1) is 18.1. The summed E-state index contributed by atoms with van der Waals surface area (Å²) in [4.78, 5) is 21.2. The number of carbonyl (C=O) groups excluding carboxylic acids is 1. The van der Waals surface area contributed by atoms with E-state index in [1.165, 1.54) is 11.3 Å². The van der Waals surface area contributed by atoms with Crippen molar-refractivity contribution >= 4 is 17.2 Å². The molecule has 0 bridgehead atoms. The summed E-state index contributed by atoms with van der Waals surface area (Å²) in [6.45, 7) is 3.54. The lowest BCUT2D eigenvalue weighted by atomic mass is 9.97. The van der Waals surface area contributed by atoms with Gasteiger partial charge in [0.15, 0.2) is 0 Å². The van der Waals surface area contributed by atoms with E-state index in [1.807, 2.05) is 29.4 Å². The van der Waals surface area contributed by atoms with Crippen molar-refractivity contribution in [2.24, 2.45) is 0 Å². The van der Waals surface area contributed by atoms with Crippen LogP contribution in [0.3, 0.4) is 0 Å². The number of ether oxygens (including phenoxy) is 2. The number of aromatic nitrogens is 2. The van der Waals surface area contributed by atoms with E-state index in [9.17, 15) is 4.79 Å². The molecule has 0 radical (unpaired) electrons. The Bertz CT molecular complexity index is 697. The van der Waals surface area contributed by atoms with Gasteiger partial charge in [0.1, 0.15) is 5.82 Å². The van der Waals surface area contributed by atoms with Gasteiger partial charge in [-0.1, -0.05) is 0 Å². The van der Waals surface area contributed by atoms with Crippen molar-refractivity contribution in [1.29, 1.82) is 0 Å². The standard InChI is InChI=1S/C18H25N3O3S/c1-23-11-10-20-9-7-19-17(20)14-4-3-8-21(12-14)18(22)16-6-5-15(25-16)13-24-2/h5-7,9,14H,3-4,8,10-13H2,1-2H3. The maximum atomic E-state index is 12.8. The van der Waals surface area contributed by atoms with Crippen molar-refractivity contribution in [2.75, 3.05) is 33.9 Å². The number of amides is 1. The minimum atomic E-state index is 0.118. The number of hydrogen-bond donors (Lipinski definition) is 0. The first-order valence-corrected chi connectivity index (χ1v) is 9.41. The lowest BCUT2D eigenvalue weighted by molar-refractivity contribution is 0.0707. The summed E-state index contributed by atoms with van der Waals surface area (Å²) in [7, 11) is 3.37. The normalized spacial score (nSPS) is 17.8. The molecule has 1 amide bonds. The zero-order valence-corrected chi connectivity index (χ0v) is 15.6. The second-order valence-corrected chi connectivity index (χ2v) is 7.43. The Kier molecular flexibility index (Phi) is 6.23. The molecule has 1 atom stereocenters. The number of imidazole rings is 1. The fourth-order valence-corrected chi connectivity index (χ4v) is 4.25. The highest BCUT2D eigenvalue weighted by Crippen LogP contribution is 2.28. The van der Waals surface area contributed by atoms with Gasteiger partial charge in [-0.05, 0) is 25.0 Å². The van der Waals surface area contributed by atoms with Crippen molar-refractivity contribution < 1.29 is 14.3 Å². The summed E-state index contributed by atoms with van der Waals surface area (Å²) in [6, 6.07) is 3.88. The van der Waals surface area contributed by atoms with Crippen LogP contribution in [0.5, 0.6) is 0 Å². The Morgan fingerprint density at radius 1 is 1.36 bits per heavy atom. The van der Waals surface area contributed by atoms with Crippen molar-refractivity contribution in [3.63, 3.8) is 0 Å². The monoisotopic (exact) mass is 363 g/mol. The van der Waals surface area contributed by atoms with Crippen LogP contribution in [0.25, 0.3) is 0 Å². The van der Waals surface area contributed by atoms with Crippen LogP contribution in [0.2, 0.25) is 0 Å². The summed E-state index contributed by atoms with van der Waals surface area (Å²) in [5, 5.41) is 0. The molecule has 7 heteroatoms. The van der Waals surface area contributed by atoms with E-state index in [1.54, 1.807) is 14.2 Å². The second kappa shape index (κ2) is 8.60. The smallest absolute Gasteiger partial charge is 0.263 e. The van der Waals surface area contributed by atoms with Crippen molar-refractivity contribution in [3.8, 4) is 0 Å². The van der Waals surface area contributed by atoms with Crippen LogP contribution >= 0.6 is 11.3 Å². The summed E-state index contributed by atoms with van der Waals surface area (Å²) in [5.74, 6) is 1.45. The molecule has 1 aliphatic rings. The minimum Gasteiger partial charge on any atom is -0.383 e. The van der Waals surface area contributed by atoms with Crippen molar-refractivity contribution in [3.05, 3.63) is 40.1 Å². The summed E-state index contributed by atoms with van der Waals surface area (Å²) in [5.41, 5.74) is 0. The van der Waals surface area contributed by atoms with Crippen molar-refractivity contribution in [1.82, 2.24) is 14.5 Å². The third-order valence-electron chi connectivity index (χ3n) is 4.52. The third kappa shape index (κ3) is 4.29. The zero-order chi connectivity index (χ0) is 17.6. The van der Waals surface area contributed by atoms with Gasteiger partial charge < -0.3 is 18.9 Å².